The maximum Gasteiger partial charge on any atom is 0.0435 e. The van der Waals surface area contributed by atoms with Crippen LogP contribution in [0.4, 0.5) is 11.4 Å². The first kappa shape index (κ1) is 19.6. The number of nitrogens with one attached hydrogen (secondary N) is 1. The average molecular weight is 424 g/mol. The summed E-state index contributed by atoms with van der Waals surface area (Å²) in [6.45, 7) is 2.35. The zero-order chi connectivity index (χ0) is 22.3. The van der Waals surface area contributed by atoms with Crippen molar-refractivity contribution in [3.63, 3.8) is 0 Å². The molecule has 1 heteroatoms. The smallest absolute Gasteiger partial charge is 0.0435 e. The van der Waals surface area contributed by atoms with Gasteiger partial charge in [-0.15, -0.1) is 0 Å². The molecule has 158 valence electrons. The summed E-state index contributed by atoms with van der Waals surface area (Å²) in [4.78, 5) is 0. The first-order valence-corrected chi connectivity index (χ1v) is 11.5. The maximum absolute atomic E-state index is 3.58. The largest absolute Gasteiger partial charge is 0.356 e. The molecule has 0 aromatic heterocycles. The van der Waals surface area contributed by atoms with Gasteiger partial charge in [0.15, 0.2) is 0 Å². The van der Waals surface area contributed by atoms with E-state index in [1.165, 1.54) is 38.9 Å². The van der Waals surface area contributed by atoms with Crippen LogP contribution >= 0.6 is 0 Å². The summed E-state index contributed by atoms with van der Waals surface area (Å²) in [6, 6.07) is 45.6. The molecular formula is C32H25N. The van der Waals surface area contributed by atoms with Crippen molar-refractivity contribution in [1.29, 1.82) is 0 Å². The Balaban J connectivity index is 1.33. The summed E-state index contributed by atoms with van der Waals surface area (Å²) >= 11 is 0. The first-order valence-electron chi connectivity index (χ1n) is 11.5. The lowest BCUT2D eigenvalue weighted by Crippen LogP contribution is -2.22. The van der Waals surface area contributed by atoms with Crippen LogP contribution in [0.25, 0.3) is 22.3 Å². The van der Waals surface area contributed by atoms with E-state index in [9.17, 15) is 0 Å². The molecule has 0 atom stereocenters. The summed E-state index contributed by atoms with van der Waals surface area (Å²) in [6.07, 6.45) is 0. The van der Waals surface area contributed by atoms with E-state index in [1.54, 1.807) is 0 Å². The fourth-order valence-corrected chi connectivity index (χ4v) is 5.22. The van der Waals surface area contributed by atoms with Crippen LogP contribution in [0.5, 0.6) is 0 Å². The lowest BCUT2D eigenvalue weighted by atomic mass is 9.74. The van der Waals surface area contributed by atoms with Crippen molar-refractivity contribution in [3.05, 3.63) is 144 Å². The van der Waals surface area contributed by atoms with E-state index in [4.69, 9.17) is 0 Å². The van der Waals surface area contributed by atoms with Crippen LogP contribution in [-0.4, -0.2) is 0 Å². The molecule has 0 amide bonds. The fourth-order valence-electron chi connectivity index (χ4n) is 5.22. The van der Waals surface area contributed by atoms with Crippen LogP contribution in [-0.2, 0) is 5.41 Å². The van der Waals surface area contributed by atoms with Crippen LogP contribution in [0.1, 0.15) is 23.6 Å². The Morgan fingerprint density at radius 1 is 0.485 bits per heavy atom. The summed E-state index contributed by atoms with van der Waals surface area (Å²) in [5, 5.41) is 3.58. The minimum absolute atomic E-state index is 0.154. The fraction of sp³-hybridized carbons (Fsp3) is 0.0625. The molecule has 1 N–H and O–H groups in total. The highest BCUT2D eigenvalue weighted by Crippen LogP contribution is 2.52. The minimum Gasteiger partial charge on any atom is -0.356 e. The van der Waals surface area contributed by atoms with Gasteiger partial charge in [-0.2, -0.15) is 0 Å². The minimum atomic E-state index is -0.154. The predicted molar refractivity (Wildman–Crippen MR) is 139 cm³/mol. The van der Waals surface area contributed by atoms with Gasteiger partial charge in [0.2, 0.25) is 0 Å². The third-order valence-corrected chi connectivity index (χ3v) is 6.94. The molecule has 1 aliphatic rings. The lowest BCUT2D eigenvalue weighted by molar-refractivity contribution is 0.714. The molecule has 0 bridgehead atoms. The van der Waals surface area contributed by atoms with E-state index < -0.39 is 0 Å². The molecule has 5 aromatic rings. The molecule has 0 radical (unpaired) electrons. The molecule has 0 fully saturated rings. The summed E-state index contributed by atoms with van der Waals surface area (Å²) in [5.41, 5.74) is 11.2. The monoisotopic (exact) mass is 423 g/mol. The predicted octanol–water partition coefficient (Wildman–Crippen LogP) is 8.43. The molecule has 5 aromatic carbocycles. The Kier molecular flexibility index (Phi) is 4.62. The number of anilines is 2. The van der Waals surface area contributed by atoms with Gasteiger partial charge in [-0.25, -0.2) is 0 Å². The zero-order valence-corrected chi connectivity index (χ0v) is 18.6. The van der Waals surface area contributed by atoms with Crippen molar-refractivity contribution in [2.24, 2.45) is 0 Å². The van der Waals surface area contributed by atoms with Crippen molar-refractivity contribution in [2.45, 2.75) is 12.3 Å². The van der Waals surface area contributed by atoms with Crippen LogP contribution in [0.2, 0.25) is 0 Å². The SMILES string of the molecule is CC1(c2ccc(Nc3cccc(-c4ccccc4)c3)cc2)c2ccccc2-c2ccccc21. The van der Waals surface area contributed by atoms with E-state index in [2.05, 4.69) is 140 Å². The zero-order valence-electron chi connectivity index (χ0n) is 18.6. The quantitative estimate of drug-likeness (QED) is 0.306. The number of hydrogen-bond acceptors (Lipinski definition) is 1. The molecule has 1 aliphatic carbocycles. The van der Waals surface area contributed by atoms with E-state index in [1.807, 2.05) is 0 Å². The molecule has 0 heterocycles. The van der Waals surface area contributed by atoms with Crippen molar-refractivity contribution < 1.29 is 0 Å². The second kappa shape index (κ2) is 7.79. The van der Waals surface area contributed by atoms with Crippen molar-refractivity contribution in [2.75, 3.05) is 5.32 Å². The van der Waals surface area contributed by atoms with Crippen molar-refractivity contribution >= 4 is 11.4 Å². The molecule has 0 saturated carbocycles. The highest BCUT2D eigenvalue weighted by molar-refractivity contribution is 5.83. The van der Waals surface area contributed by atoms with Gasteiger partial charge in [-0.1, -0.05) is 103 Å². The van der Waals surface area contributed by atoms with Crippen LogP contribution in [0, 0.1) is 0 Å². The topological polar surface area (TPSA) is 12.0 Å². The summed E-state index contributed by atoms with van der Waals surface area (Å²) in [7, 11) is 0. The maximum atomic E-state index is 3.58. The van der Waals surface area contributed by atoms with E-state index >= 15 is 0 Å². The number of fused-ring (bicyclic) bond motifs is 3. The summed E-state index contributed by atoms with van der Waals surface area (Å²) in [5.74, 6) is 0. The normalized spacial score (nSPS) is 13.2. The summed E-state index contributed by atoms with van der Waals surface area (Å²) < 4.78 is 0. The van der Waals surface area contributed by atoms with Gasteiger partial charge in [-0.05, 0) is 70.1 Å². The second-order valence-electron chi connectivity index (χ2n) is 8.87. The first-order chi connectivity index (χ1) is 16.2. The Bertz CT molecular complexity index is 1390. The van der Waals surface area contributed by atoms with Crippen molar-refractivity contribution in [3.8, 4) is 22.3 Å². The van der Waals surface area contributed by atoms with E-state index in [-0.39, 0.29) is 5.41 Å². The van der Waals surface area contributed by atoms with E-state index in [0.717, 1.165) is 11.4 Å². The van der Waals surface area contributed by atoms with Crippen LogP contribution in [0.15, 0.2) is 127 Å². The number of hydrogen-bond donors (Lipinski definition) is 1. The number of rotatable bonds is 4. The van der Waals surface area contributed by atoms with Gasteiger partial charge in [0.05, 0.1) is 0 Å². The molecular weight excluding hydrogens is 398 g/mol. The van der Waals surface area contributed by atoms with Crippen molar-refractivity contribution in [1.82, 2.24) is 0 Å². The molecule has 0 unspecified atom stereocenters. The van der Waals surface area contributed by atoms with Crippen LogP contribution in [0.3, 0.4) is 0 Å². The van der Waals surface area contributed by atoms with Gasteiger partial charge in [-0.3, -0.25) is 0 Å². The Morgan fingerprint density at radius 3 is 1.73 bits per heavy atom. The van der Waals surface area contributed by atoms with Gasteiger partial charge in [0.1, 0.15) is 0 Å². The van der Waals surface area contributed by atoms with Crippen LogP contribution < -0.4 is 5.32 Å². The lowest BCUT2D eigenvalue weighted by Gasteiger charge is -2.28. The van der Waals surface area contributed by atoms with Gasteiger partial charge < -0.3 is 5.32 Å². The standard InChI is InChI=1S/C32H25N/c1-32(30-16-7-5-14-28(30)29-15-6-8-17-31(29)32)25-18-20-26(21-19-25)33-27-13-9-12-24(22-27)23-10-3-2-4-11-23/h2-22,33H,1H3. The average Bonchev–Trinajstić information content (AvgIpc) is 3.15. The highest BCUT2D eigenvalue weighted by Gasteiger charge is 2.40. The molecule has 0 spiro atoms. The number of benzene rings is 5. The van der Waals surface area contributed by atoms with E-state index in [0.29, 0.717) is 0 Å². The molecule has 33 heavy (non-hydrogen) atoms. The Morgan fingerprint density at radius 2 is 1.06 bits per heavy atom. The molecule has 1 nitrogen and oxygen atoms in total. The molecule has 0 aliphatic heterocycles. The third kappa shape index (κ3) is 3.25. The van der Waals surface area contributed by atoms with Gasteiger partial charge in [0.25, 0.3) is 0 Å². The molecule has 6 rings (SSSR count). The van der Waals surface area contributed by atoms with Gasteiger partial charge in [0, 0.05) is 16.8 Å². The van der Waals surface area contributed by atoms with Gasteiger partial charge >= 0.3 is 0 Å². The Hall–Kier alpha value is -4.10. The second-order valence-corrected chi connectivity index (χ2v) is 8.87. The molecule has 0 saturated heterocycles. The Labute approximate surface area is 195 Å². The highest BCUT2D eigenvalue weighted by atomic mass is 14.9. The third-order valence-electron chi connectivity index (χ3n) is 6.94.